The molecule has 0 aliphatic carbocycles. The van der Waals surface area contributed by atoms with Gasteiger partial charge in [-0.15, -0.1) is 0 Å². The number of carbonyl (C=O) groups is 1. The molecule has 0 spiro atoms. The number of aliphatic hydroxyl groups is 3. The van der Waals surface area contributed by atoms with Crippen molar-refractivity contribution in [1.82, 2.24) is 0 Å². The zero-order valence-corrected chi connectivity index (χ0v) is 9.84. The Morgan fingerprint density at radius 2 is 2.11 bits per heavy atom. The van der Waals surface area contributed by atoms with E-state index < -0.39 is 24.0 Å². The predicted molar refractivity (Wildman–Crippen MR) is 60.4 cm³/mol. The van der Waals surface area contributed by atoms with E-state index in [1.807, 2.05) is 0 Å². The zero-order valence-electron chi connectivity index (χ0n) is 9.84. The maximum atomic E-state index is 13.9. The molecule has 0 saturated heterocycles. The summed E-state index contributed by atoms with van der Waals surface area (Å²) in [5, 5.41) is 27.9. The van der Waals surface area contributed by atoms with Gasteiger partial charge in [-0.25, -0.2) is 9.18 Å². The third-order valence-electron chi connectivity index (χ3n) is 2.54. The van der Waals surface area contributed by atoms with Crippen LogP contribution in [0.1, 0.15) is 28.4 Å². The smallest absolute Gasteiger partial charge is 0.340 e. The first-order valence-corrected chi connectivity index (χ1v) is 5.36. The average Bonchev–Trinajstić information content (AvgIpc) is 2.37. The molecule has 1 aromatic carbocycles. The highest BCUT2D eigenvalue weighted by Crippen LogP contribution is 2.24. The highest BCUT2D eigenvalue weighted by Gasteiger charge is 2.24. The van der Waals surface area contributed by atoms with Gasteiger partial charge in [0.1, 0.15) is 11.9 Å². The number of hydrogen-bond donors (Lipinski definition) is 3. The minimum atomic E-state index is -1.51. The first kappa shape index (κ1) is 14.6. The predicted octanol–water partition coefficient (Wildman–Crippen LogP) is 0.389. The molecule has 1 aromatic rings. The lowest BCUT2D eigenvalue weighted by Crippen LogP contribution is -2.21. The van der Waals surface area contributed by atoms with Crippen LogP contribution in [0.15, 0.2) is 18.2 Å². The monoisotopic (exact) mass is 258 g/mol. The van der Waals surface area contributed by atoms with Gasteiger partial charge in [0.05, 0.1) is 18.8 Å². The Bertz CT molecular complexity index is 421. The Morgan fingerprint density at radius 1 is 1.44 bits per heavy atom. The zero-order chi connectivity index (χ0) is 13.7. The molecule has 0 aromatic heterocycles. The molecule has 0 amide bonds. The molecule has 0 aliphatic heterocycles. The molecule has 0 bridgehead atoms. The van der Waals surface area contributed by atoms with Crippen LogP contribution in [-0.4, -0.2) is 41.1 Å². The molecule has 0 fully saturated rings. The van der Waals surface area contributed by atoms with Gasteiger partial charge in [-0.3, -0.25) is 0 Å². The summed E-state index contributed by atoms with van der Waals surface area (Å²) in [7, 11) is 1.12. The number of halogens is 1. The Kier molecular flexibility index (Phi) is 5.21. The van der Waals surface area contributed by atoms with Crippen LogP contribution in [0, 0.1) is 5.82 Å². The SMILES string of the molecule is COC(=O)c1cccc(C(O)C(O)CCO)c1F. The van der Waals surface area contributed by atoms with Gasteiger partial charge in [-0.1, -0.05) is 12.1 Å². The number of methoxy groups -OCH3 is 1. The molecular formula is C12H15FO5. The largest absolute Gasteiger partial charge is 0.465 e. The molecule has 3 N–H and O–H groups in total. The van der Waals surface area contributed by atoms with Crippen LogP contribution in [0.25, 0.3) is 0 Å². The highest BCUT2D eigenvalue weighted by molar-refractivity contribution is 5.89. The summed E-state index contributed by atoms with van der Waals surface area (Å²) in [6.07, 6.45) is -2.91. The van der Waals surface area contributed by atoms with Crippen LogP contribution in [0.4, 0.5) is 4.39 Å². The second-order valence-electron chi connectivity index (χ2n) is 3.72. The molecular weight excluding hydrogens is 243 g/mol. The van der Waals surface area contributed by atoms with Crippen molar-refractivity contribution >= 4 is 5.97 Å². The third kappa shape index (κ3) is 3.04. The number of carbonyl (C=O) groups excluding carboxylic acids is 1. The quantitative estimate of drug-likeness (QED) is 0.665. The molecule has 0 aliphatic rings. The van der Waals surface area contributed by atoms with E-state index in [9.17, 15) is 19.4 Å². The average molecular weight is 258 g/mol. The number of rotatable bonds is 5. The van der Waals surface area contributed by atoms with Gasteiger partial charge < -0.3 is 20.1 Å². The summed E-state index contributed by atoms with van der Waals surface area (Å²) in [4.78, 5) is 11.3. The molecule has 1 rings (SSSR count). The lowest BCUT2D eigenvalue weighted by molar-refractivity contribution is 0.00220. The van der Waals surface area contributed by atoms with Crippen molar-refractivity contribution in [2.75, 3.05) is 13.7 Å². The van der Waals surface area contributed by atoms with E-state index in [1.165, 1.54) is 18.2 Å². The van der Waals surface area contributed by atoms with E-state index in [0.717, 1.165) is 7.11 Å². The number of hydrogen-bond acceptors (Lipinski definition) is 5. The number of ether oxygens (including phenoxy) is 1. The number of benzene rings is 1. The summed E-state index contributed by atoms with van der Waals surface area (Å²) >= 11 is 0. The normalized spacial score (nSPS) is 14.1. The number of aliphatic hydroxyl groups excluding tert-OH is 3. The lowest BCUT2D eigenvalue weighted by Gasteiger charge is -2.18. The molecule has 0 saturated carbocycles. The third-order valence-corrected chi connectivity index (χ3v) is 2.54. The first-order chi connectivity index (χ1) is 8.52. The fourth-order valence-corrected chi connectivity index (χ4v) is 1.54. The fraction of sp³-hybridized carbons (Fsp3) is 0.417. The summed E-state index contributed by atoms with van der Waals surface area (Å²) in [5.74, 6) is -1.80. The van der Waals surface area contributed by atoms with Crippen LogP contribution in [-0.2, 0) is 4.74 Å². The van der Waals surface area contributed by atoms with Gasteiger partial charge >= 0.3 is 5.97 Å². The summed E-state index contributed by atoms with van der Waals surface area (Å²) in [5.41, 5.74) is -0.524. The Balaban J connectivity index is 3.06. The maximum absolute atomic E-state index is 13.9. The van der Waals surface area contributed by atoms with E-state index in [1.54, 1.807) is 0 Å². The minimum absolute atomic E-state index is 0.0942. The molecule has 0 heterocycles. The number of esters is 1. The van der Waals surface area contributed by atoms with Crippen LogP contribution in [0.2, 0.25) is 0 Å². The fourth-order valence-electron chi connectivity index (χ4n) is 1.54. The van der Waals surface area contributed by atoms with Crippen LogP contribution in [0.3, 0.4) is 0 Å². The van der Waals surface area contributed by atoms with Crippen LogP contribution >= 0.6 is 0 Å². The molecule has 5 nitrogen and oxygen atoms in total. The van der Waals surface area contributed by atoms with Crippen LogP contribution < -0.4 is 0 Å². The van der Waals surface area contributed by atoms with Gasteiger partial charge in [0.2, 0.25) is 0 Å². The standard InChI is InChI=1S/C12H15FO5/c1-18-12(17)8-4-2-3-7(10(8)13)11(16)9(15)5-6-14/h2-4,9,11,14-16H,5-6H2,1H3. The van der Waals surface area contributed by atoms with Crippen molar-refractivity contribution in [2.45, 2.75) is 18.6 Å². The lowest BCUT2D eigenvalue weighted by atomic mass is 9.99. The van der Waals surface area contributed by atoms with Gasteiger partial charge in [0.25, 0.3) is 0 Å². The van der Waals surface area contributed by atoms with Crippen molar-refractivity contribution in [1.29, 1.82) is 0 Å². The van der Waals surface area contributed by atoms with Crippen molar-refractivity contribution in [3.05, 3.63) is 35.1 Å². The second-order valence-corrected chi connectivity index (χ2v) is 3.72. The van der Waals surface area contributed by atoms with E-state index >= 15 is 0 Å². The van der Waals surface area contributed by atoms with E-state index in [-0.39, 0.29) is 24.2 Å². The Hall–Kier alpha value is -1.50. The van der Waals surface area contributed by atoms with Crippen molar-refractivity contribution in [2.24, 2.45) is 0 Å². The second kappa shape index (κ2) is 6.44. The molecule has 100 valence electrons. The summed E-state index contributed by atoms with van der Waals surface area (Å²) in [6.45, 7) is -0.337. The Morgan fingerprint density at radius 3 is 2.67 bits per heavy atom. The molecule has 2 atom stereocenters. The molecule has 0 radical (unpaired) electrons. The van der Waals surface area contributed by atoms with Crippen LogP contribution in [0.5, 0.6) is 0 Å². The molecule has 6 heteroatoms. The van der Waals surface area contributed by atoms with E-state index in [0.29, 0.717) is 0 Å². The van der Waals surface area contributed by atoms with Crippen molar-refractivity contribution in [3.63, 3.8) is 0 Å². The van der Waals surface area contributed by atoms with E-state index in [2.05, 4.69) is 4.74 Å². The van der Waals surface area contributed by atoms with E-state index in [4.69, 9.17) is 5.11 Å². The van der Waals surface area contributed by atoms with Gasteiger partial charge in [0.15, 0.2) is 0 Å². The summed E-state index contributed by atoms with van der Waals surface area (Å²) in [6, 6.07) is 3.85. The van der Waals surface area contributed by atoms with Gasteiger partial charge in [-0.05, 0) is 12.5 Å². The minimum Gasteiger partial charge on any atom is -0.465 e. The molecule has 18 heavy (non-hydrogen) atoms. The highest BCUT2D eigenvalue weighted by atomic mass is 19.1. The topological polar surface area (TPSA) is 87.0 Å². The Labute approximate surface area is 103 Å². The maximum Gasteiger partial charge on any atom is 0.340 e. The van der Waals surface area contributed by atoms with Crippen molar-refractivity contribution in [3.8, 4) is 0 Å². The van der Waals surface area contributed by atoms with Crippen molar-refractivity contribution < 1.29 is 29.2 Å². The van der Waals surface area contributed by atoms with Gasteiger partial charge in [-0.2, -0.15) is 0 Å². The molecule has 2 unspecified atom stereocenters. The first-order valence-electron chi connectivity index (χ1n) is 5.36. The van der Waals surface area contributed by atoms with Gasteiger partial charge in [0, 0.05) is 12.2 Å². The summed E-state index contributed by atoms with van der Waals surface area (Å²) < 4.78 is 18.3.